The molecule has 0 bridgehead atoms. The fraction of sp³-hybridized carbons (Fsp3) is 0.111. The van der Waals surface area contributed by atoms with Gasteiger partial charge in [-0.15, -0.1) is 0 Å². The van der Waals surface area contributed by atoms with E-state index in [-0.39, 0.29) is 12.2 Å². The minimum atomic E-state index is -0.512. The molecule has 0 N–H and O–H groups in total. The van der Waals surface area contributed by atoms with Crippen molar-refractivity contribution in [2.24, 2.45) is 5.11 Å². The molecule has 16 heavy (non-hydrogen) atoms. The Labute approximate surface area is 99.2 Å². The summed E-state index contributed by atoms with van der Waals surface area (Å²) in [7, 11) is 0. The standard InChI is InChI=1S/C9H5BrN4O2/c10-8-4-3-7(2-1-5-12-13-11)9(6-8)14(15)16/h3-4,6H,5H2. The summed E-state index contributed by atoms with van der Waals surface area (Å²) in [6.45, 7) is -0.0102. The van der Waals surface area contributed by atoms with E-state index in [2.05, 4.69) is 37.8 Å². The number of nitrogens with zero attached hydrogens (tertiary/aromatic N) is 4. The van der Waals surface area contributed by atoms with Crippen LogP contribution in [0.4, 0.5) is 5.69 Å². The van der Waals surface area contributed by atoms with E-state index in [1.165, 1.54) is 12.1 Å². The molecule has 0 radical (unpaired) electrons. The molecule has 0 atom stereocenters. The molecule has 1 aromatic carbocycles. The molecular weight excluding hydrogens is 276 g/mol. The van der Waals surface area contributed by atoms with Crippen LogP contribution in [-0.4, -0.2) is 11.5 Å². The van der Waals surface area contributed by atoms with Crippen LogP contribution in [0.3, 0.4) is 0 Å². The Kier molecular flexibility index (Phi) is 4.33. The van der Waals surface area contributed by atoms with Gasteiger partial charge >= 0.3 is 0 Å². The van der Waals surface area contributed by atoms with Gasteiger partial charge in [0.05, 0.1) is 11.5 Å². The second-order valence-electron chi connectivity index (χ2n) is 2.61. The molecule has 0 aliphatic rings. The first-order valence-corrected chi connectivity index (χ1v) is 4.88. The number of hydrogen-bond acceptors (Lipinski definition) is 3. The van der Waals surface area contributed by atoms with Crippen molar-refractivity contribution in [3.8, 4) is 11.8 Å². The highest BCUT2D eigenvalue weighted by Crippen LogP contribution is 2.22. The van der Waals surface area contributed by atoms with Gasteiger partial charge in [-0.25, -0.2) is 0 Å². The van der Waals surface area contributed by atoms with Crippen molar-refractivity contribution in [1.29, 1.82) is 0 Å². The number of hydrogen-bond donors (Lipinski definition) is 0. The van der Waals surface area contributed by atoms with E-state index in [4.69, 9.17) is 5.53 Å². The van der Waals surface area contributed by atoms with Gasteiger partial charge in [-0.3, -0.25) is 10.1 Å². The molecule has 6 nitrogen and oxygen atoms in total. The Hall–Kier alpha value is -2.03. The van der Waals surface area contributed by atoms with Crippen LogP contribution in [0.1, 0.15) is 5.56 Å². The normalized spacial score (nSPS) is 8.56. The third-order valence-corrected chi connectivity index (χ3v) is 2.09. The van der Waals surface area contributed by atoms with Crippen molar-refractivity contribution < 1.29 is 4.92 Å². The first-order chi connectivity index (χ1) is 7.65. The monoisotopic (exact) mass is 280 g/mol. The Balaban J connectivity index is 3.06. The van der Waals surface area contributed by atoms with Crippen LogP contribution in [0.2, 0.25) is 0 Å². The van der Waals surface area contributed by atoms with E-state index < -0.39 is 4.92 Å². The summed E-state index contributed by atoms with van der Waals surface area (Å²) in [5, 5.41) is 13.9. The zero-order valence-corrected chi connectivity index (χ0v) is 9.51. The molecule has 1 rings (SSSR count). The molecule has 0 aromatic heterocycles. The summed E-state index contributed by atoms with van der Waals surface area (Å²) in [5.41, 5.74) is 8.23. The minimum Gasteiger partial charge on any atom is -0.258 e. The van der Waals surface area contributed by atoms with Gasteiger partial charge in [-0.2, -0.15) is 0 Å². The van der Waals surface area contributed by atoms with Gasteiger partial charge in [0.2, 0.25) is 0 Å². The maximum Gasteiger partial charge on any atom is 0.286 e. The van der Waals surface area contributed by atoms with E-state index in [9.17, 15) is 10.1 Å². The SMILES string of the molecule is [N-]=[N+]=NCC#Cc1ccc(Br)cc1[N+](=O)[O-]. The molecule has 0 aliphatic carbocycles. The third-order valence-electron chi connectivity index (χ3n) is 1.59. The predicted octanol–water partition coefficient (Wildman–Crippen LogP) is 3.02. The van der Waals surface area contributed by atoms with Gasteiger partial charge in [0.1, 0.15) is 5.56 Å². The van der Waals surface area contributed by atoms with Gasteiger partial charge < -0.3 is 0 Å². The molecule has 0 amide bonds. The van der Waals surface area contributed by atoms with Crippen LogP contribution in [0, 0.1) is 22.0 Å². The molecule has 0 fully saturated rings. The van der Waals surface area contributed by atoms with Crippen LogP contribution < -0.4 is 0 Å². The smallest absolute Gasteiger partial charge is 0.258 e. The molecule has 0 spiro atoms. The van der Waals surface area contributed by atoms with Crippen molar-refractivity contribution in [1.82, 2.24) is 0 Å². The highest BCUT2D eigenvalue weighted by molar-refractivity contribution is 9.10. The van der Waals surface area contributed by atoms with Gasteiger partial charge in [0.25, 0.3) is 5.69 Å². The number of nitro groups is 1. The topological polar surface area (TPSA) is 91.9 Å². The fourth-order valence-electron chi connectivity index (χ4n) is 0.963. The van der Waals surface area contributed by atoms with Gasteiger partial charge in [0, 0.05) is 15.5 Å². The number of azide groups is 1. The number of benzene rings is 1. The van der Waals surface area contributed by atoms with Crippen LogP contribution in [0.25, 0.3) is 10.4 Å². The number of halogens is 1. The average Bonchev–Trinajstić information content (AvgIpc) is 2.26. The summed E-state index contributed by atoms with van der Waals surface area (Å²) < 4.78 is 0.611. The minimum absolute atomic E-state index is 0.0102. The lowest BCUT2D eigenvalue weighted by Gasteiger charge is -1.95. The van der Waals surface area contributed by atoms with Crippen molar-refractivity contribution in [3.63, 3.8) is 0 Å². The third kappa shape index (κ3) is 3.28. The second kappa shape index (κ2) is 5.75. The first-order valence-electron chi connectivity index (χ1n) is 4.09. The fourth-order valence-corrected chi connectivity index (χ4v) is 1.31. The Morgan fingerprint density at radius 2 is 2.38 bits per heavy atom. The van der Waals surface area contributed by atoms with Crippen molar-refractivity contribution in [2.75, 3.05) is 6.54 Å². The zero-order chi connectivity index (χ0) is 12.0. The summed E-state index contributed by atoms with van der Waals surface area (Å²) in [6.07, 6.45) is 0. The second-order valence-corrected chi connectivity index (χ2v) is 3.53. The zero-order valence-electron chi connectivity index (χ0n) is 7.92. The summed E-state index contributed by atoms with van der Waals surface area (Å²) in [4.78, 5) is 12.7. The van der Waals surface area contributed by atoms with Crippen LogP contribution in [-0.2, 0) is 0 Å². The van der Waals surface area contributed by atoms with E-state index in [1.807, 2.05) is 0 Å². The van der Waals surface area contributed by atoms with Crippen molar-refractivity contribution in [3.05, 3.63) is 48.8 Å². The van der Waals surface area contributed by atoms with Crippen molar-refractivity contribution >= 4 is 21.6 Å². The van der Waals surface area contributed by atoms with Gasteiger partial charge in [0.15, 0.2) is 0 Å². The molecule has 0 saturated heterocycles. The Morgan fingerprint density at radius 1 is 1.62 bits per heavy atom. The lowest BCUT2D eigenvalue weighted by Crippen LogP contribution is -1.92. The lowest BCUT2D eigenvalue weighted by atomic mass is 10.2. The molecular formula is C9H5BrN4O2. The van der Waals surface area contributed by atoms with Crippen molar-refractivity contribution in [2.45, 2.75) is 0 Å². The highest BCUT2D eigenvalue weighted by atomic mass is 79.9. The highest BCUT2D eigenvalue weighted by Gasteiger charge is 2.11. The van der Waals surface area contributed by atoms with E-state index in [0.29, 0.717) is 10.0 Å². The largest absolute Gasteiger partial charge is 0.286 e. The molecule has 7 heteroatoms. The van der Waals surface area contributed by atoms with E-state index in [0.717, 1.165) is 0 Å². The quantitative estimate of drug-likeness (QED) is 0.208. The van der Waals surface area contributed by atoms with E-state index in [1.54, 1.807) is 6.07 Å². The predicted molar refractivity (Wildman–Crippen MR) is 61.7 cm³/mol. The van der Waals surface area contributed by atoms with Crippen LogP contribution in [0.15, 0.2) is 27.8 Å². The van der Waals surface area contributed by atoms with E-state index >= 15 is 0 Å². The Bertz CT molecular complexity index is 526. The molecule has 0 heterocycles. The lowest BCUT2D eigenvalue weighted by molar-refractivity contribution is -0.385. The maximum atomic E-state index is 10.7. The molecule has 80 valence electrons. The number of rotatable bonds is 2. The molecule has 1 aromatic rings. The summed E-state index contributed by atoms with van der Waals surface area (Å²) in [6, 6.07) is 4.56. The van der Waals surface area contributed by atoms with Gasteiger partial charge in [-0.1, -0.05) is 32.9 Å². The van der Waals surface area contributed by atoms with Crippen LogP contribution >= 0.6 is 15.9 Å². The van der Waals surface area contributed by atoms with Gasteiger partial charge in [-0.05, 0) is 17.7 Å². The summed E-state index contributed by atoms with van der Waals surface area (Å²) in [5.74, 6) is 5.11. The molecule has 0 saturated carbocycles. The molecule has 0 aliphatic heterocycles. The van der Waals surface area contributed by atoms with Crippen LogP contribution in [0.5, 0.6) is 0 Å². The molecule has 0 unspecified atom stereocenters. The average molecular weight is 281 g/mol. The number of nitro benzene ring substituents is 1. The maximum absolute atomic E-state index is 10.7. The Morgan fingerprint density at radius 3 is 3.00 bits per heavy atom. The summed E-state index contributed by atoms with van der Waals surface area (Å²) >= 11 is 3.14. The first kappa shape index (κ1) is 12.0.